The van der Waals surface area contributed by atoms with Crippen LogP contribution in [0.15, 0.2) is 12.1 Å². The smallest absolute Gasteiger partial charge is 0.326 e. The van der Waals surface area contributed by atoms with Crippen molar-refractivity contribution in [3.63, 3.8) is 0 Å². The molecule has 0 bridgehead atoms. The zero-order chi connectivity index (χ0) is 18.1. The van der Waals surface area contributed by atoms with Crippen LogP contribution in [0.2, 0.25) is 0 Å². The first-order valence-electron chi connectivity index (χ1n) is 9.29. The lowest BCUT2D eigenvalue weighted by molar-refractivity contribution is -0.141. The number of unbranched alkanes of at least 4 members (excludes halogenated alkanes) is 4. The predicted octanol–water partition coefficient (Wildman–Crippen LogP) is 2.91. The van der Waals surface area contributed by atoms with Gasteiger partial charge in [0.05, 0.1) is 0 Å². The van der Waals surface area contributed by atoms with Gasteiger partial charge in [-0.05, 0) is 43.7 Å². The van der Waals surface area contributed by atoms with Crippen molar-refractivity contribution in [2.45, 2.75) is 70.8 Å². The van der Waals surface area contributed by atoms with Gasteiger partial charge in [0, 0.05) is 19.2 Å². The maximum atomic E-state index is 11.0. The third-order valence-electron chi connectivity index (χ3n) is 4.55. The number of aliphatic carboxylic acids is 1. The van der Waals surface area contributed by atoms with E-state index in [9.17, 15) is 9.59 Å². The van der Waals surface area contributed by atoms with Gasteiger partial charge in [0.15, 0.2) is 0 Å². The molecule has 1 unspecified atom stereocenters. The molecule has 2 heterocycles. The van der Waals surface area contributed by atoms with Crippen molar-refractivity contribution in [2.75, 3.05) is 11.9 Å². The van der Waals surface area contributed by atoms with Crippen LogP contribution in [-0.2, 0) is 22.4 Å². The Balaban J connectivity index is 1.59. The van der Waals surface area contributed by atoms with Gasteiger partial charge in [-0.15, -0.1) is 0 Å². The minimum Gasteiger partial charge on any atom is -0.480 e. The summed E-state index contributed by atoms with van der Waals surface area (Å²) in [5.74, 6) is -0.192. The van der Waals surface area contributed by atoms with Crippen molar-refractivity contribution in [3.05, 3.63) is 23.4 Å². The second-order valence-corrected chi connectivity index (χ2v) is 6.74. The Bertz CT molecular complexity index is 589. The van der Waals surface area contributed by atoms with E-state index in [4.69, 9.17) is 10.1 Å². The van der Waals surface area contributed by atoms with E-state index >= 15 is 0 Å². The average molecular weight is 347 g/mol. The number of nitrogens with one attached hydrogen (secondary N) is 2. The molecule has 0 fully saturated rings. The zero-order valence-corrected chi connectivity index (χ0v) is 15.0. The summed E-state index contributed by atoms with van der Waals surface area (Å²) < 4.78 is 0. The average Bonchev–Trinajstić information content (AvgIpc) is 2.59. The lowest BCUT2D eigenvalue weighted by Gasteiger charge is -2.17. The van der Waals surface area contributed by atoms with Crippen LogP contribution in [0.4, 0.5) is 5.82 Å². The highest BCUT2D eigenvalue weighted by Crippen LogP contribution is 2.20. The fraction of sp³-hybridized carbons (Fsp3) is 0.632. The number of carbonyl (C=O) groups excluding carboxylic acids is 1. The molecule has 1 aromatic heterocycles. The molecule has 6 heteroatoms. The van der Waals surface area contributed by atoms with Crippen molar-refractivity contribution >= 4 is 17.7 Å². The van der Waals surface area contributed by atoms with E-state index in [1.165, 1.54) is 18.9 Å². The van der Waals surface area contributed by atoms with E-state index < -0.39 is 12.0 Å². The topological polar surface area (TPSA) is 91.3 Å². The number of carboxylic acid groups (broad SMARTS) is 1. The minimum absolute atomic E-state index is 0.292. The van der Waals surface area contributed by atoms with Crippen LogP contribution in [-0.4, -0.2) is 34.6 Å². The quantitative estimate of drug-likeness (QED) is 0.566. The summed E-state index contributed by atoms with van der Waals surface area (Å²) in [6, 6.07) is 3.57. The third kappa shape index (κ3) is 6.72. The summed E-state index contributed by atoms with van der Waals surface area (Å²) in [4.78, 5) is 26.7. The first-order chi connectivity index (χ1) is 12.1. The molecule has 3 N–H and O–H groups in total. The number of rotatable bonds is 10. The Labute approximate surface area is 149 Å². The lowest BCUT2D eigenvalue weighted by atomic mass is 10.0. The number of carbonyl (C=O) groups is 2. The molecule has 1 aliphatic heterocycles. The summed E-state index contributed by atoms with van der Waals surface area (Å²) >= 11 is 0. The van der Waals surface area contributed by atoms with Crippen LogP contribution < -0.4 is 10.6 Å². The molecule has 1 aliphatic rings. The Morgan fingerprint density at radius 1 is 1.24 bits per heavy atom. The van der Waals surface area contributed by atoms with Gasteiger partial charge in [-0.3, -0.25) is 4.79 Å². The van der Waals surface area contributed by atoms with Gasteiger partial charge >= 0.3 is 5.97 Å². The second kappa shape index (κ2) is 10.0. The molecular weight excluding hydrogens is 318 g/mol. The third-order valence-corrected chi connectivity index (χ3v) is 4.55. The van der Waals surface area contributed by atoms with Gasteiger partial charge in [0.1, 0.15) is 11.9 Å². The standard InChI is InChI=1S/C19H29N3O3/c1-14(23)21-17(19(24)25)10-6-4-2-3-5-9-16-12-11-15-8-7-13-20-18(15)22-16/h11-12,17H,2-10,13H2,1H3,(H,20,22)(H,21,23)(H,24,25). The number of aromatic nitrogens is 1. The molecule has 0 aromatic carbocycles. The number of amides is 1. The number of anilines is 1. The first kappa shape index (κ1) is 19.2. The van der Waals surface area contributed by atoms with Crippen LogP contribution in [0.25, 0.3) is 0 Å². The fourth-order valence-electron chi connectivity index (χ4n) is 3.20. The number of hydrogen-bond acceptors (Lipinski definition) is 4. The highest BCUT2D eigenvalue weighted by atomic mass is 16.4. The van der Waals surface area contributed by atoms with Crippen molar-refractivity contribution in [3.8, 4) is 0 Å². The van der Waals surface area contributed by atoms with Crippen LogP contribution in [0.3, 0.4) is 0 Å². The Morgan fingerprint density at radius 2 is 2.00 bits per heavy atom. The summed E-state index contributed by atoms with van der Waals surface area (Å²) in [5.41, 5.74) is 2.46. The Morgan fingerprint density at radius 3 is 2.76 bits per heavy atom. The maximum Gasteiger partial charge on any atom is 0.326 e. The normalized spacial score (nSPS) is 14.3. The highest BCUT2D eigenvalue weighted by Gasteiger charge is 2.17. The number of pyridine rings is 1. The molecule has 0 aliphatic carbocycles. The van der Waals surface area contributed by atoms with Crippen molar-refractivity contribution in [1.82, 2.24) is 10.3 Å². The van der Waals surface area contributed by atoms with E-state index in [0.717, 1.165) is 63.0 Å². The summed E-state index contributed by atoms with van der Waals surface area (Å²) in [5, 5.41) is 14.9. The molecule has 25 heavy (non-hydrogen) atoms. The van der Waals surface area contributed by atoms with Crippen molar-refractivity contribution in [2.24, 2.45) is 0 Å². The van der Waals surface area contributed by atoms with E-state index in [2.05, 4.69) is 22.8 Å². The van der Waals surface area contributed by atoms with Gasteiger partial charge in [0.2, 0.25) is 5.91 Å². The molecule has 2 rings (SSSR count). The monoisotopic (exact) mass is 347 g/mol. The Hall–Kier alpha value is -2.11. The molecule has 138 valence electrons. The summed E-state index contributed by atoms with van der Waals surface area (Å²) in [6.45, 7) is 2.36. The van der Waals surface area contributed by atoms with E-state index in [1.807, 2.05) is 0 Å². The highest BCUT2D eigenvalue weighted by molar-refractivity contribution is 5.81. The molecule has 0 spiro atoms. The van der Waals surface area contributed by atoms with Gasteiger partial charge in [0.25, 0.3) is 0 Å². The Kier molecular flexibility index (Phi) is 7.70. The number of fused-ring (bicyclic) bond motifs is 1. The van der Waals surface area contributed by atoms with Crippen LogP contribution in [0, 0.1) is 0 Å². The number of carboxylic acids is 1. The van der Waals surface area contributed by atoms with Crippen molar-refractivity contribution < 1.29 is 14.7 Å². The van der Waals surface area contributed by atoms with Gasteiger partial charge in [-0.1, -0.05) is 31.7 Å². The van der Waals surface area contributed by atoms with E-state index in [1.54, 1.807) is 0 Å². The predicted molar refractivity (Wildman–Crippen MR) is 97.7 cm³/mol. The molecule has 1 amide bonds. The number of nitrogens with zero attached hydrogens (tertiary/aromatic N) is 1. The molecule has 6 nitrogen and oxygen atoms in total. The van der Waals surface area contributed by atoms with Gasteiger partial charge in [-0.25, -0.2) is 9.78 Å². The largest absolute Gasteiger partial charge is 0.480 e. The molecule has 0 saturated carbocycles. The molecular formula is C19H29N3O3. The summed E-state index contributed by atoms with van der Waals surface area (Å²) in [7, 11) is 0. The minimum atomic E-state index is -0.956. The molecule has 1 atom stereocenters. The maximum absolute atomic E-state index is 11.0. The lowest BCUT2D eigenvalue weighted by Crippen LogP contribution is -2.39. The van der Waals surface area contributed by atoms with E-state index in [0.29, 0.717) is 6.42 Å². The molecule has 1 aromatic rings. The summed E-state index contributed by atoms with van der Waals surface area (Å²) in [6.07, 6.45) is 8.87. The molecule has 0 radical (unpaired) electrons. The SMILES string of the molecule is CC(=O)NC(CCCCCCCc1ccc2c(n1)NCCC2)C(=O)O. The van der Waals surface area contributed by atoms with Crippen molar-refractivity contribution in [1.29, 1.82) is 0 Å². The second-order valence-electron chi connectivity index (χ2n) is 6.74. The van der Waals surface area contributed by atoms with Gasteiger partial charge in [-0.2, -0.15) is 0 Å². The van der Waals surface area contributed by atoms with Crippen LogP contribution >= 0.6 is 0 Å². The zero-order valence-electron chi connectivity index (χ0n) is 15.0. The first-order valence-corrected chi connectivity index (χ1v) is 9.29. The number of aryl methyl sites for hydroxylation is 2. The van der Waals surface area contributed by atoms with E-state index in [-0.39, 0.29) is 5.91 Å². The number of hydrogen-bond donors (Lipinski definition) is 3. The van der Waals surface area contributed by atoms with Crippen LogP contribution in [0.5, 0.6) is 0 Å². The fourth-order valence-corrected chi connectivity index (χ4v) is 3.20. The van der Waals surface area contributed by atoms with Crippen LogP contribution in [0.1, 0.15) is 63.1 Å². The molecule has 0 saturated heterocycles. The van der Waals surface area contributed by atoms with Gasteiger partial charge < -0.3 is 15.7 Å².